The highest BCUT2D eigenvalue weighted by molar-refractivity contribution is 6.20. The molecule has 1 aliphatic heterocycles. The van der Waals surface area contributed by atoms with E-state index in [1.807, 2.05) is 10.9 Å². The molecule has 0 aliphatic carbocycles. The third-order valence-corrected chi connectivity index (χ3v) is 3.95. The van der Waals surface area contributed by atoms with Crippen LogP contribution in [0.25, 0.3) is 0 Å². The second kappa shape index (κ2) is 5.19. The van der Waals surface area contributed by atoms with Crippen LogP contribution in [0.5, 0.6) is 0 Å². The van der Waals surface area contributed by atoms with Crippen LogP contribution in [0, 0.1) is 5.92 Å². The third kappa shape index (κ3) is 2.77. The van der Waals surface area contributed by atoms with Gasteiger partial charge in [-0.25, -0.2) is 0 Å². The largest absolute Gasteiger partial charge is 0.299 e. The van der Waals surface area contributed by atoms with Gasteiger partial charge in [-0.3, -0.25) is 9.58 Å². The lowest BCUT2D eigenvalue weighted by Crippen LogP contribution is -2.39. The summed E-state index contributed by atoms with van der Waals surface area (Å²) >= 11 is 6.22. The zero-order chi connectivity index (χ0) is 11.5. The van der Waals surface area contributed by atoms with E-state index in [0.29, 0.717) is 11.3 Å². The van der Waals surface area contributed by atoms with Gasteiger partial charge in [0.2, 0.25) is 0 Å². The summed E-state index contributed by atoms with van der Waals surface area (Å²) in [4.78, 5) is 2.47. The van der Waals surface area contributed by atoms with Gasteiger partial charge in [0.25, 0.3) is 0 Å². The third-order valence-electron chi connectivity index (χ3n) is 3.30. The highest BCUT2D eigenvalue weighted by Crippen LogP contribution is 2.22. The molecule has 1 fully saturated rings. The number of aryl methyl sites for hydroxylation is 1. The summed E-state index contributed by atoms with van der Waals surface area (Å²) in [6.07, 6.45) is 5.21. The number of rotatable bonds is 3. The van der Waals surface area contributed by atoms with Gasteiger partial charge >= 0.3 is 0 Å². The highest BCUT2D eigenvalue weighted by Gasteiger charge is 2.24. The Morgan fingerprint density at radius 2 is 2.38 bits per heavy atom. The Morgan fingerprint density at radius 1 is 1.56 bits per heavy atom. The average Bonchev–Trinajstić information content (AvgIpc) is 2.71. The van der Waals surface area contributed by atoms with Gasteiger partial charge in [0, 0.05) is 36.8 Å². The standard InChI is InChI=1S/C12H20ClN3/c1-3-16-9-11(6-14-16)8-15-5-4-12(13)10(2)7-15/h6,9-10,12H,3-5,7-8H2,1-2H3. The van der Waals surface area contributed by atoms with Gasteiger partial charge < -0.3 is 0 Å². The number of piperidine rings is 1. The summed E-state index contributed by atoms with van der Waals surface area (Å²) in [7, 11) is 0. The monoisotopic (exact) mass is 241 g/mol. The lowest BCUT2D eigenvalue weighted by atomic mass is 9.99. The van der Waals surface area contributed by atoms with Crippen molar-refractivity contribution in [3.8, 4) is 0 Å². The number of hydrogen-bond acceptors (Lipinski definition) is 2. The molecule has 16 heavy (non-hydrogen) atoms. The number of aromatic nitrogens is 2. The van der Waals surface area contributed by atoms with Crippen molar-refractivity contribution in [2.75, 3.05) is 13.1 Å². The zero-order valence-corrected chi connectivity index (χ0v) is 10.8. The predicted octanol–water partition coefficient (Wildman–Crippen LogP) is 2.35. The van der Waals surface area contributed by atoms with Crippen LogP contribution in [0.2, 0.25) is 0 Å². The second-order valence-corrected chi connectivity index (χ2v) is 5.28. The van der Waals surface area contributed by atoms with E-state index in [1.54, 1.807) is 0 Å². The number of halogens is 1. The first kappa shape index (κ1) is 11.9. The Bertz CT molecular complexity index is 337. The molecule has 0 spiro atoms. The van der Waals surface area contributed by atoms with Crippen LogP contribution >= 0.6 is 11.6 Å². The van der Waals surface area contributed by atoms with Gasteiger partial charge in [0.15, 0.2) is 0 Å². The van der Waals surface area contributed by atoms with Gasteiger partial charge in [0.1, 0.15) is 0 Å². The zero-order valence-electron chi connectivity index (χ0n) is 10.1. The van der Waals surface area contributed by atoms with E-state index in [-0.39, 0.29) is 0 Å². The van der Waals surface area contributed by atoms with Crippen LogP contribution in [0.1, 0.15) is 25.8 Å². The van der Waals surface area contributed by atoms with E-state index in [4.69, 9.17) is 11.6 Å². The maximum Gasteiger partial charge on any atom is 0.0534 e. The van der Waals surface area contributed by atoms with Crippen LogP contribution in [-0.4, -0.2) is 33.1 Å². The molecular formula is C12H20ClN3. The van der Waals surface area contributed by atoms with Crippen molar-refractivity contribution in [3.05, 3.63) is 18.0 Å². The molecule has 1 aromatic rings. The molecule has 0 radical (unpaired) electrons. The van der Waals surface area contributed by atoms with Gasteiger partial charge in [-0.05, 0) is 25.8 Å². The average molecular weight is 242 g/mol. The van der Waals surface area contributed by atoms with Crippen molar-refractivity contribution in [1.82, 2.24) is 14.7 Å². The Kier molecular flexibility index (Phi) is 3.87. The molecule has 4 heteroatoms. The second-order valence-electron chi connectivity index (χ2n) is 4.72. The Hall–Kier alpha value is -0.540. The summed E-state index contributed by atoms with van der Waals surface area (Å²) in [5.74, 6) is 0.594. The lowest BCUT2D eigenvalue weighted by Gasteiger charge is -2.33. The normalized spacial score (nSPS) is 27.2. The molecule has 1 aliphatic rings. The summed E-state index contributed by atoms with van der Waals surface area (Å²) in [5, 5.41) is 4.65. The number of hydrogen-bond donors (Lipinski definition) is 0. The van der Waals surface area contributed by atoms with Crippen LogP contribution in [0.3, 0.4) is 0 Å². The molecule has 0 bridgehead atoms. The molecule has 0 aromatic carbocycles. The van der Waals surface area contributed by atoms with Crippen molar-refractivity contribution in [1.29, 1.82) is 0 Å². The molecule has 0 saturated carbocycles. The summed E-state index contributed by atoms with van der Waals surface area (Å²) < 4.78 is 1.98. The van der Waals surface area contributed by atoms with Crippen molar-refractivity contribution >= 4 is 11.6 Å². The van der Waals surface area contributed by atoms with E-state index >= 15 is 0 Å². The summed E-state index contributed by atoms with van der Waals surface area (Å²) in [6, 6.07) is 0. The van der Waals surface area contributed by atoms with Crippen molar-refractivity contribution in [3.63, 3.8) is 0 Å². The Balaban J connectivity index is 1.90. The van der Waals surface area contributed by atoms with Gasteiger partial charge in [-0.15, -0.1) is 11.6 Å². The predicted molar refractivity (Wildman–Crippen MR) is 66.6 cm³/mol. The molecule has 1 aromatic heterocycles. The molecule has 2 rings (SSSR count). The quantitative estimate of drug-likeness (QED) is 0.758. The van der Waals surface area contributed by atoms with Crippen LogP contribution in [0.15, 0.2) is 12.4 Å². The smallest absolute Gasteiger partial charge is 0.0534 e. The molecule has 3 nitrogen and oxygen atoms in total. The van der Waals surface area contributed by atoms with E-state index in [0.717, 1.165) is 32.6 Å². The first-order valence-electron chi connectivity index (χ1n) is 6.06. The molecule has 2 unspecified atom stereocenters. The first-order valence-corrected chi connectivity index (χ1v) is 6.50. The Morgan fingerprint density at radius 3 is 3.00 bits per heavy atom. The molecular weight excluding hydrogens is 222 g/mol. The summed E-state index contributed by atoms with van der Waals surface area (Å²) in [5.41, 5.74) is 1.31. The van der Waals surface area contributed by atoms with Gasteiger partial charge in [0.05, 0.1) is 6.20 Å². The minimum atomic E-state index is 0.356. The van der Waals surface area contributed by atoms with Gasteiger partial charge in [-0.2, -0.15) is 5.10 Å². The molecule has 1 saturated heterocycles. The van der Waals surface area contributed by atoms with E-state index < -0.39 is 0 Å². The van der Waals surface area contributed by atoms with Crippen LogP contribution < -0.4 is 0 Å². The maximum absolute atomic E-state index is 6.22. The van der Waals surface area contributed by atoms with Crippen molar-refractivity contribution < 1.29 is 0 Å². The molecule has 0 amide bonds. The lowest BCUT2D eigenvalue weighted by molar-refractivity contribution is 0.180. The fourth-order valence-electron chi connectivity index (χ4n) is 2.27. The van der Waals surface area contributed by atoms with Crippen LogP contribution in [0.4, 0.5) is 0 Å². The minimum absolute atomic E-state index is 0.356. The molecule has 90 valence electrons. The summed E-state index contributed by atoms with van der Waals surface area (Å²) in [6.45, 7) is 8.51. The number of nitrogens with zero attached hydrogens (tertiary/aromatic N) is 3. The fourth-order valence-corrected chi connectivity index (χ4v) is 2.44. The minimum Gasteiger partial charge on any atom is -0.299 e. The molecule has 2 heterocycles. The molecule has 2 atom stereocenters. The van der Waals surface area contributed by atoms with Gasteiger partial charge in [-0.1, -0.05) is 6.92 Å². The number of alkyl halides is 1. The maximum atomic E-state index is 6.22. The highest BCUT2D eigenvalue weighted by atomic mass is 35.5. The fraction of sp³-hybridized carbons (Fsp3) is 0.750. The first-order chi connectivity index (χ1) is 7.69. The van der Waals surface area contributed by atoms with E-state index in [1.165, 1.54) is 5.56 Å². The van der Waals surface area contributed by atoms with Crippen molar-refractivity contribution in [2.24, 2.45) is 5.92 Å². The van der Waals surface area contributed by atoms with Crippen LogP contribution in [-0.2, 0) is 13.1 Å². The van der Waals surface area contributed by atoms with Crippen molar-refractivity contribution in [2.45, 2.75) is 38.7 Å². The molecule has 0 N–H and O–H groups in total. The Labute approximate surface area is 102 Å². The topological polar surface area (TPSA) is 21.1 Å². The SMILES string of the molecule is CCn1cc(CN2CCC(Cl)C(C)C2)cn1. The van der Waals surface area contributed by atoms with E-state index in [9.17, 15) is 0 Å². The number of likely N-dealkylation sites (tertiary alicyclic amines) is 1. The van der Waals surface area contributed by atoms with E-state index in [2.05, 4.69) is 30.0 Å².